The maximum absolute atomic E-state index is 6.21. The zero-order valence-corrected chi connectivity index (χ0v) is 11.1. The Labute approximate surface area is 114 Å². The Hall–Kier alpha value is -1.41. The summed E-state index contributed by atoms with van der Waals surface area (Å²) in [6.45, 7) is 3.91. The Morgan fingerprint density at radius 2 is 2.47 bits per heavy atom. The van der Waals surface area contributed by atoms with Crippen molar-refractivity contribution in [3.8, 4) is 0 Å². The molecular formula is C17H19NO. The average Bonchev–Trinajstić information content (AvgIpc) is 2.77. The monoisotopic (exact) mass is 253 g/mol. The Morgan fingerprint density at radius 3 is 3.37 bits per heavy atom. The third-order valence-corrected chi connectivity index (χ3v) is 4.93. The second-order valence-electron chi connectivity index (χ2n) is 5.96. The summed E-state index contributed by atoms with van der Waals surface area (Å²) >= 11 is 0. The first-order valence-corrected chi connectivity index (χ1v) is 7.25. The summed E-state index contributed by atoms with van der Waals surface area (Å²) < 4.78 is 6.21. The normalized spacial score (nSPS) is 38.8. The highest BCUT2D eigenvalue weighted by Crippen LogP contribution is 2.54. The summed E-state index contributed by atoms with van der Waals surface area (Å²) in [6.07, 6.45) is 16.9. The van der Waals surface area contributed by atoms with Crippen LogP contribution in [-0.4, -0.2) is 18.4 Å². The van der Waals surface area contributed by atoms with Crippen molar-refractivity contribution < 1.29 is 4.74 Å². The fraction of sp³-hybridized carbons (Fsp3) is 0.471. The number of hydrogen-bond acceptors (Lipinski definition) is 2. The van der Waals surface area contributed by atoms with Crippen molar-refractivity contribution in [2.75, 3.05) is 0 Å². The van der Waals surface area contributed by atoms with Crippen molar-refractivity contribution in [2.24, 2.45) is 10.4 Å². The van der Waals surface area contributed by atoms with E-state index in [0.717, 1.165) is 12.8 Å². The predicted octanol–water partition coefficient (Wildman–Crippen LogP) is 3.73. The summed E-state index contributed by atoms with van der Waals surface area (Å²) in [5, 5.41) is 0. The molecular weight excluding hydrogens is 234 g/mol. The van der Waals surface area contributed by atoms with E-state index >= 15 is 0 Å². The van der Waals surface area contributed by atoms with E-state index in [-0.39, 0.29) is 11.5 Å². The summed E-state index contributed by atoms with van der Waals surface area (Å²) in [7, 11) is 0. The molecule has 0 aromatic carbocycles. The maximum atomic E-state index is 6.21. The van der Waals surface area contributed by atoms with Crippen LogP contribution in [0.1, 0.15) is 32.1 Å². The van der Waals surface area contributed by atoms with Gasteiger partial charge in [0.1, 0.15) is 0 Å². The van der Waals surface area contributed by atoms with Crippen LogP contribution in [0.25, 0.3) is 0 Å². The number of ether oxygens (including phenoxy) is 1. The van der Waals surface area contributed by atoms with Crippen molar-refractivity contribution >= 4 is 6.21 Å². The van der Waals surface area contributed by atoms with E-state index in [0.29, 0.717) is 6.10 Å². The van der Waals surface area contributed by atoms with Gasteiger partial charge < -0.3 is 4.74 Å². The minimum atomic E-state index is 0.0290. The summed E-state index contributed by atoms with van der Waals surface area (Å²) in [5.41, 5.74) is 4.46. The van der Waals surface area contributed by atoms with Crippen LogP contribution in [0.15, 0.2) is 52.7 Å². The lowest BCUT2D eigenvalue weighted by molar-refractivity contribution is 0.0337. The first kappa shape index (κ1) is 11.4. The fourth-order valence-corrected chi connectivity index (χ4v) is 4.20. The van der Waals surface area contributed by atoms with Crippen molar-refractivity contribution in [1.82, 2.24) is 0 Å². The van der Waals surface area contributed by atoms with E-state index in [9.17, 15) is 0 Å². The van der Waals surface area contributed by atoms with Crippen LogP contribution in [-0.2, 0) is 4.74 Å². The molecule has 4 rings (SSSR count). The molecule has 19 heavy (non-hydrogen) atoms. The molecule has 1 fully saturated rings. The Kier molecular flexibility index (Phi) is 2.43. The highest BCUT2D eigenvalue weighted by Gasteiger charge is 2.49. The van der Waals surface area contributed by atoms with Gasteiger partial charge in [0.25, 0.3) is 0 Å². The molecule has 0 N–H and O–H groups in total. The zero-order chi connectivity index (χ0) is 12.9. The van der Waals surface area contributed by atoms with Gasteiger partial charge in [-0.05, 0) is 49.3 Å². The van der Waals surface area contributed by atoms with Crippen molar-refractivity contribution in [1.29, 1.82) is 0 Å². The van der Waals surface area contributed by atoms with E-state index < -0.39 is 0 Å². The molecule has 2 aliphatic carbocycles. The quantitative estimate of drug-likeness (QED) is 0.687. The lowest BCUT2D eigenvalue weighted by Gasteiger charge is -2.42. The summed E-state index contributed by atoms with van der Waals surface area (Å²) in [4.78, 5) is 4.46. The largest absolute Gasteiger partial charge is 0.366 e. The molecule has 2 nitrogen and oxygen atoms in total. The Balaban J connectivity index is 1.93. The van der Waals surface area contributed by atoms with Gasteiger partial charge in [-0.15, -0.1) is 6.58 Å². The van der Waals surface area contributed by atoms with E-state index in [1.165, 1.54) is 36.0 Å². The molecule has 2 heterocycles. The average molecular weight is 253 g/mol. The van der Waals surface area contributed by atoms with Gasteiger partial charge in [-0.1, -0.05) is 17.7 Å². The van der Waals surface area contributed by atoms with Crippen LogP contribution in [0, 0.1) is 5.41 Å². The van der Waals surface area contributed by atoms with Crippen LogP contribution in [0.3, 0.4) is 0 Å². The lowest BCUT2D eigenvalue weighted by Crippen LogP contribution is -2.38. The molecule has 1 spiro atoms. The number of allylic oxidation sites excluding steroid dienone is 3. The standard InChI is InChI=1S/C17H19NO/c1-2-4-12-9-13-10-15-16(19-13)5-3-7-17(15)11-18-8-6-14(12)17/h2,6,8,10-11,13,16H,1,3-5,7,9H2/t13-,16?,17?/m0/s1. The third-order valence-electron chi connectivity index (χ3n) is 4.93. The smallest absolute Gasteiger partial charge is 0.0806 e. The minimum Gasteiger partial charge on any atom is -0.366 e. The molecule has 2 heteroatoms. The van der Waals surface area contributed by atoms with Crippen LogP contribution in [0.2, 0.25) is 0 Å². The van der Waals surface area contributed by atoms with Gasteiger partial charge in [0.05, 0.1) is 17.6 Å². The SMILES string of the molecule is C=CCC1=C2C=CN=CC23CCCC2O[C@H](C=C23)C1. The first-order valence-electron chi connectivity index (χ1n) is 7.25. The number of nitrogens with zero attached hydrogens (tertiary/aromatic N) is 1. The van der Waals surface area contributed by atoms with Gasteiger partial charge in [0, 0.05) is 12.4 Å². The molecule has 2 unspecified atom stereocenters. The maximum Gasteiger partial charge on any atom is 0.0806 e. The summed E-state index contributed by atoms with van der Waals surface area (Å²) in [5.74, 6) is 0. The zero-order valence-electron chi connectivity index (χ0n) is 11.1. The number of fused-ring (bicyclic) bond motifs is 1. The van der Waals surface area contributed by atoms with Crippen molar-refractivity contribution in [2.45, 2.75) is 44.3 Å². The highest BCUT2D eigenvalue weighted by atomic mass is 16.5. The predicted molar refractivity (Wildman–Crippen MR) is 77.1 cm³/mol. The van der Waals surface area contributed by atoms with Gasteiger partial charge in [0.15, 0.2) is 0 Å². The van der Waals surface area contributed by atoms with Gasteiger partial charge in [0.2, 0.25) is 0 Å². The minimum absolute atomic E-state index is 0.0290. The third kappa shape index (κ3) is 1.50. The number of hydrogen-bond donors (Lipinski definition) is 0. The van der Waals surface area contributed by atoms with Crippen molar-refractivity contribution in [3.63, 3.8) is 0 Å². The van der Waals surface area contributed by atoms with Crippen LogP contribution >= 0.6 is 0 Å². The van der Waals surface area contributed by atoms with Gasteiger partial charge in [-0.3, -0.25) is 4.99 Å². The Bertz CT molecular complexity index is 552. The molecule has 0 saturated heterocycles. The van der Waals surface area contributed by atoms with Crippen LogP contribution < -0.4 is 0 Å². The van der Waals surface area contributed by atoms with E-state index in [1.54, 1.807) is 0 Å². The topological polar surface area (TPSA) is 21.6 Å². The first-order chi connectivity index (χ1) is 9.33. The lowest BCUT2D eigenvalue weighted by atomic mass is 9.64. The van der Waals surface area contributed by atoms with Crippen molar-refractivity contribution in [3.05, 3.63) is 47.7 Å². The van der Waals surface area contributed by atoms with Crippen LogP contribution in [0.4, 0.5) is 0 Å². The molecule has 0 aromatic rings. The fourth-order valence-electron chi connectivity index (χ4n) is 4.20. The van der Waals surface area contributed by atoms with E-state index in [4.69, 9.17) is 4.74 Å². The number of aliphatic imine (C=N–C) groups is 1. The second-order valence-corrected chi connectivity index (χ2v) is 5.96. The summed E-state index contributed by atoms with van der Waals surface area (Å²) in [6, 6.07) is 0. The molecule has 4 aliphatic rings. The molecule has 0 aromatic heterocycles. The van der Waals surface area contributed by atoms with E-state index in [2.05, 4.69) is 29.9 Å². The highest BCUT2D eigenvalue weighted by molar-refractivity contribution is 5.81. The molecule has 2 bridgehead atoms. The van der Waals surface area contributed by atoms with Gasteiger partial charge in [-0.25, -0.2) is 0 Å². The van der Waals surface area contributed by atoms with Gasteiger partial charge in [-0.2, -0.15) is 0 Å². The number of rotatable bonds is 2. The van der Waals surface area contributed by atoms with Gasteiger partial charge >= 0.3 is 0 Å². The second kappa shape index (κ2) is 4.04. The van der Waals surface area contributed by atoms with Crippen LogP contribution in [0.5, 0.6) is 0 Å². The molecule has 3 atom stereocenters. The molecule has 1 saturated carbocycles. The molecule has 0 radical (unpaired) electrons. The Morgan fingerprint density at radius 1 is 1.53 bits per heavy atom. The molecule has 0 amide bonds. The van der Waals surface area contributed by atoms with E-state index in [1.807, 2.05) is 12.3 Å². The molecule has 2 aliphatic heterocycles. The molecule has 98 valence electrons.